The summed E-state index contributed by atoms with van der Waals surface area (Å²) in [4.78, 5) is 29.0. The van der Waals surface area contributed by atoms with Crippen LogP contribution in [0.2, 0.25) is 10.0 Å². The predicted molar refractivity (Wildman–Crippen MR) is 105 cm³/mol. The number of rotatable bonds is 4. The number of methoxy groups -OCH3 is 2. The van der Waals surface area contributed by atoms with Gasteiger partial charge in [0.2, 0.25) is 0 Å². The monoisotopic (exact) mass is 424 g/mol. The number of amides is 1. The molecule has 140 valence electrons. The van der Waals surface area contributed by atoms with Crippen molar-refractivity contribution >= 4 is 56.6 Å². The molecule has 0 saturated heterocycles. The van der Waals surface area contributed by atoms with E-state index in [0.717, 1.165) is 4.70 Å². The van der Waals surface area contributed by atoms with Gasteiger partial charge in [0.25, 0.3) is 5.91 Å². The standard InChI is InChI=1S/C18H14Cl2N2O4S/c1-25-11-5-3-4-10(8-11)17(24)21-18-22(9-14(23)26-2)16-13(27-18)7-6-12(19)15(16)20/h3-8H,9H2,1-2H3. The van der Waals surface area contributed by atoms with Crippen LogP contribution in [0.3, 0.4) is 0 Å². The fourth-order valence-electron chi connectivity index (χ4n) is 2.44. The van der Waals surface area contributed by atoms with Crippen LogP contribution in [0.25, 0.3) is 10.2 Å². The molecule has 27 heavy (non-hydrogen) atoms. The number of thiazole rings is 1. The summed E-state index contributed by atoms with van der Waals surface area (Å²) in [5.74, 6) is -0.424. The lowest BCUT2D eigenvalue weighted by molar-refractivity contribution is -0.141. The summed E-state index contributed by atoms with van der Waals surface area (Å²) in [7, 11) is 2.80. The first-order valence-corrected chi connectivity index (χ1v) is 9.29. The van der Waals surface area contributed by atoms with E-state index in [0.29, 0.717) is 26.7 Å². The van der Waals surface area contributed by atoms with Crippen LogP contribution in [0, 0.1) is 0 Å². The highest BCUT2D eigenvalue weighted by atomic mass is 35.5. The van der Waals surface area contributed by atoms with Gasteiger partial charge in [-0.3, -0.25) is 9.59 Å². The van der Waals surface area contributed by atoms with E-state index < -0.39 is 11.9 Å². The second-order valence-corrected chi connectivity index (χ2v) is 7.20. The summed E-state index contributed by atoms with van der Waals surface area (Å²) in [5, 5.41) is 0.621. The lowest BCUT2D eigenvalue weighted by atomic mass is 10.2. The van der Waals surface area contributed by atoms with Crippen LogP contribution < -0.4 is 9.54 Å². The van der Waals surface area contributed by atoms with Gasteiger partial charge >= 0.3 is 5.97 Å². The number of fused-ring (bicyclic) bond motifs is 1. The summed E-state index contributed by atoms with van der Waals surface area (Å²) in [6.07, 6.45) is 0. The van der Waals surface area contributed by atoms with E-state index in [2.05, 4.69) is 4.99 Å². The maximum atomic E-state index is 12.6. The van der Waals surface area contributed by atoms with Gasteiger partial charge in [0, 0.05) is 5.56 Å². The van der Waals surface area contributed by atoms with Crippen molar-refractivity contribution in [3.63, 3.8) is 0 Å². The van der Waals surface area contributed by atoms with E-state index in [9.17, 15) is 9.59 Å². The quantitative estimate of drug-likeness (QED) is 0.594. The summed E-state index contributed by atoms with van der Waals surface area (Å²) < 4.78 is 12.1. The number of ether oxygens (including phenoxy) is 2. The lowest BCUT2D eigenvalue weighted by Gasteiger charge is -2.06. The zero-order chi connectivity index (χ0) is 19.6. The van der Waals surface area contributed by atoms with Gasteiger partial charge in [0.1, 0.15) is 12.3 Å². The van der Waals surface area contributed by atoms with E-state index >= 15 is 0 Å². The van der Waals surface area contributed by atoms with Crippen molar-refractivity contribution in [1.29, 1.82) is 0 Å². The minimum absolute atomic E-state index is 0.152. The summed E-state index contributed by atoms with van der Waals surface area (Å²) in [6, 6.07) is 10.1. The van der Waals surface area contributed by atoms with Crippen LogP contribution in [0.4, 0.5) is 0 Å². The third kappa shape index (κ3) is 4.00. The number of aromatic nitrogens is 1. The smallest absolute Gasteiger partial charge is 0.325 e. The molecule has 0 unspecified atom stereocenters. The Labute approximate surface area is 168 Å². The van der Waals surface area contributed by atoms with E-state index in [1.54, 1.807) is 36.4 Å². The Morgan fingerprint density at radius 1 is 1.19 bits per heavy atom. The van der Waals surface area contributed by atoms with Crippen molar-refractivity contribution in [1.82, 2.24) is 4.57 Å². The van der Waals surface area contributed by atoms with Gasteiger partial charge in [-0.15, -0.1) is 0 Å². The molecule has 0 spiro atoms. The molecule has 6 nitrogen and oxygen atoms in total. The maximum absolute atomic E-state index is 12.6. The number of hydrogen-bond donors (Lipinski definition) is 0. The minimum atomic E-state index is -0.499. The molecule has 2 aromatic carbocycles. The molecular weight excluding hydrogens is 411 g/mol. The van der Waals surface area contributed by atoms with E-state index in [1.807, 2.05) is 0 Å². The molecular formula is C18H14Cl2N2O4S. The van der Waals surface area contributed by atoms with Gasteiger partial charge in [0.15, 0.2) is 4.80 Å². The highest BCUT2D eigenvalue weighted by Crippen LogP contribution is 2.32. The Bertz CT molecular complexity index is 1100. The first kappa shape index (κ1) is 19.4. The predicted octanol–water partition coefficient (Wildman–Crippen LogP) is 3.93. The average Bonchev–Trinajstić information content (AvgIpc) is 3.02. The van der Waals surface area contributed by atoms with Gasteiger partial charge in [0.05, 0.1) is 34.5 Å². The van der Waals surface area contributed by atoms with E-state index in [1.165, 1.54) is 30.1 Å². The molecule has 3 aromatic rings. The normalized spacial score (nSPS) is 11.6. The largest absolute Gasteiger partial charge is 0.497 e. The van der Waals surface area contributed by atoms with Crippen LogP contribution >= 0.6 is 34.5 Å². The molecule has 9 heteroatoms. The van der Waals surface area contributed by atoms with E-state index in [4.69, 9.17) is 32.7 Å². The van der Waals surface area contributed by atoms with Crippen molar-refractivity contribution in [3.8, 4) is 5.75 Å². The van der Waals surface area contributed by atoms with Crippen molar-refractivity contribution in [3.05, 3.63) is 56.8 Å². The number of hydrogen-bond acceptors (Lipinski definition) is 5. The molecule has 1 heterocycles. The van der Waals surface area contributed by atoms with Crippen LogP contribution in [-0.2, 0) is 16.1 Å². The lowest BCUT2D eigenvalue weighted by Crippen LogP contribution is -2.22. The molecule has 0 atom stereocenters. The van der Waals surface area contributed by atoms with Crippen LogP contribution in [0.1, 0.15) is 10.4 Å². The van der Waals surface area contributed by atoms with E-state index in [-0.39, 0.29) is 11.6 Å². The highest BCUT2D eigenvalue weighted by Gasteiger charge is 2.16. The van der Waals surface area contributed by atoms with Crippen molar-refractivity contribution in [2.75, 3.05) is 14.2 Å². The van der Waals surface area contributed by atoms with Gasteiger partial charge in [-0.25, -0.2) is 0 Å². The van der Waals surface area contributed by atoms with Crippen molar-refractivity contribution in [2.24, 2.45) is 4.99 Å². The molecule has 1 aromatic heterocycles. The molecule has 0 aliphatic carbocycles. The molecule has 0 bridgehead atoms. The minimum Gasteiger partial charge on any atom is -0.497 e. The number of halogens is 2. The summed E-state index contributed by atoms with van der Waals surface area (Å²) >= 11 is 13.7. The number of nitrogens with zero attached hydrogens (tertiary/aromatic N) is 2. The third-order valence-corrected chi connectivity index (χ3v) is 5.60. The summed E-state index contributed by atoms with van der Waals surface area (Å²) in [5.41, 5.74) is 0.886. The molecule has 0 radical (unpaired) electrons. The maximum Gasteiger partial charge on any atom is 0.325 e. The molecule has 0 aliphatic heterocycles. The second kappa shape index (κ2) is 8.12. The first-order valence-electron chi connectivity index (χ1n) is 7.72. The molecule has 0 N–H and O–H groups in total. The zero-order valence-corrected chi connectivity index (χ0v) is 16.7. The fraction of sp³-hybridized carbons (Fsp3) is 0.167. The summed E-state index contributed by atoms with van der Waals surface area (Å²) in [6.45, 7) is -0.152. The highest BCUT2D eigenvalue weighted by molar-refractivity contribution is 7.16. The first-order chi connectivity index (χ1) is 12.9. The number of benzene rings is 2. The van der Waals surface area contributed by atoms with Gasteiger partial charge < -0.3 is 14.0 Å². The van der Waals surface area contributed by atoms with Gasteiger partial charge in [-0.2, -0.15) is 4.99 Å². The topological polar surface area (TPSA) is 69.9 Å². The number of carbonyl (C=O) groups excluding carboxylic acids is 2. The Kier molecular flexibility index (Phi) is 5.84. The Morgan fingerprint density at radius 3 is 2.67 bits per heavy atom. The van der Waals surface area contributed by atoms with Gasteiger partial charge in [-0.05, 0) is 30.3 Å². The molecule has 0 fully saturated rings. The van der Waals surface area contributed by atoms with Crippen LogP contribution in [0.15, 0.2) is 41.4 Å². The Hall–Kier alpha value is -2.35. The Balaban J connectivity index is 2.18. The second-order valence-electron chi connectivity index (χ2n) is 5.40. The molecule has 0 aliphatic rings. The third-order valence-electron chi connectivity index (χ3n) is 3.76. The van der Waals surface area contributed by atoms with Crippen LogP contribution in [-0.4, -0.2) is 30.7 Å². The van der Waals surface area contributed by atoms with Gasteiger partial charge in [-0.1, -0.05) is 40.6 Å². The fourth-order valence-corrected chi connectivity index (χ4v) is 3.95. The van der Waals surface area contributed by atoms with Crippen molar-refractivity contribution < 1.29 is 19.1 Å². The van der Waals surface area contributed by atoms with Crippen LogP contribution in [0.5, 0.6) is 5.75 Å². The average molecular weight is 425 g/mol. The SMILES string of the molecule is COC(=O)Cn1c(=NC(=O)c2cccc(OC)c2)sc2ccc(Cl)c(Cl)c21. The number of esters is 1. The zero-order valence-electron chi connectivity index (χ0n) is 14.4. The van der Waals surface area contributed by atoms with Crippen molar-refractivity contribution in [2.45, 2.75) is 6.54 Å². The number of carbonyl (C=O) groups is 2. The molecule has 0 saturated carbocycles. The molecule has 3 rings (SSSR count). The molecule has 1 amide bonds. The Morgan fingerprint density at radius 2 is 1.96 bits per heavy atom.